The van der Waals surface area contributed by atoms with Crippen molar-refractivity contribution in [2.75, 3.05) is 38.7 Å². The monoisotopic (exact) mass is 492 g/mol. The first-order valence-corrected chi connectivity index (χ1v) is 8.73. The van der Waals surface area contributed by atoms with Crippen molar-refractivity contribution in [3.05, 3.63) is 29.3 Å². The summed E-state index contributed by atoms with van der Waals surface area (Å²) in [4.78, 5) is 18.1. The summed E-state index contributed by atoms with van der Waals surface area (Å²) in [6.07, 6.45) is -0.384. The minimum absolute atomic E-state index is 0. The van der Waals surface area contributed by atoms with Crippen molar-refractivity contribution in [1.82, 2.24) is 4.90 Å². The van der Waals surface area contributed by atoms with Gasteiger partial charge in [0.1, 0.15) is 5.60 Å². The van der Waals surface area contributed by atoms with Gasteiger partial charge in [-0.2, -0.15) is 0 Å². The molecule has 8 heteroatoms. The number of nitrogens with two attached hydrogens (primary N) is 1. The highest BCUT2D eigenvalue weighted by Gasteiger charge is 2.21. The molecule has 0 aromatic heterocycles. The summed E-state index contributed by atoms with van der Waals surface area (Å²) in [5.41, 5.74) is 8.60. The first-order chi connectivity index (χ1) is 12.1. The van der Waals surface area contributed by atoms with Crippen LogP contribution in [-0.4, -0.2) is 55.9 Å². The van der Waals surface area contributed by atoms with Crippen LogP contribution in [0.5, 0.6) is 0 Å². The van der Waals surface area contributed by atoms with Crippen molar-refractivity contribution in [3.8, 4) is 0 Å². The molecule has 1 rings (SSSR count). The molecule has 3 N–H and O–H groups in total. The second kappa shape index (κ2) is 12.0. The fraction of sp³-hybridized carbons (Fsp3) is 0.579. The number of aliphatic imine (C=N–C) groups is 1. The molecule has 0 radical (unpaired) electrons. The average molecular weight is 492 g/mol. The van der Waals surface area contributed by atoms with Gasteiger partial charge >= 0.3 is 6.09 Å². The summed E-state index contributed by atoms with van der Waals surface area (Å²) >= 11 is 0. The number of amides is 1. The molecule has 0 fully saturated rings. The van der Waals surface area contributed by atoms with E-state index in [-0.39, 0.29) is 30.1 Å². The molecule has 0 aliphatic carbocycles. The Balaban J connectivity index is 0.00000676. The number of hydrogen-bond donors (Lipinski definition) is 2. The van der Waals surface area contributed by atoms with E-state index in [1.54, 1.807) is 12.0 Å². The number of nitrogens with zero attached hydrogens (tertiary/aromatic N) is 2. The quantitative estimate of drug-likeness (QED) is 0.346. The van der Waals surface area contributed by atoms with E-state index >= 15 is 0 Å². The van der Waals surface area contributed by atoms with Crippen LogP contribution in [0.4, 0.5) is 10.5 Å². The fourth-order valence-electron chi connectivity index (χ4n) is 2.35. The zero-order valence-electron chi connectivity index (χ0n) is 17.2. The Bertz CT molecular complexity index is 610. The van der Waals surface area contributed by atoms with Gasteiger partial charge in [-0.05, 0) is 57.9 Å². The van der Waals surface area contributed by atoms with E-state index < -0.39 is 5.60 Å². The highest BCUT2D eigenvalue weighted by molar-refractivity contribution is 14.0. The predicted molar refractivity (Wildman–Crippen MR) is 121 cm³/mol. The summed E-state index contributed by atoms with van der Waals surface area (Å²) < 4.78 is 10.5. The van der Waals surface area contributed by atoms with Gasteiger partial charge in [0.15, 0.2) is 5.96 Å². The van der Waals surface area contributed by atoms with Gasteiger partial charge in [0.25, 0.3) is 0 Å². The molecule has 0 unspecified atom stereocenters. The molecule has 154 valence electrons. The van der Waals surface area contributed by atoms with Gasteiger partial charge in [0, 0.05) is 25.9 Å². The number of benzene rings is 1. The van der Waals surface area contributed by atoms with Crippen LogP contribution in [0.3, 0.4) is 0 Å². The second-order valence-electron chi connectivity index (χ2n) is 7.23. The third-order valence-electron chi connectivity index (χ3n) is 3.36. The summed E-state index contributed by atoms with van der Waals surface area (Å²) in [5, 5.41) is 3.08. The molecule has 1 aromatic rings. The van der Waals surface area contributed by atoms with Gasteiger partial charge in [-0.25, -0.2) is 4.79 Å². The SMILES string of the molecule is COCCN(CCN=C(N)Nc1cc(C)cc(C)c1)C(=O)OC(C)(C)C.I. The largest absolute Gasteiger partial charge is 0.444 e. The number of rotatable bonds is 7. The third-order valence-corrected chi connectivity index (χ3v) is 3.36. The molecular weight excluding hydrogens is 459 g/mol. The number of nitrogens with one attached hydrogen (secondary N) is 1. The van der Waals surface area contributed by atoms with Crippen LogP contribution in [0.15, 0.2) is 23.2 Å². The zero-order valence-corrected chi connectivity index (χ0v) is 19.5. The van der Waals surface area contributed by atoms with Crippen LogP contribution >= 0.6 is 24.0 Å². The van der Waals surface area contributed by atoms with Crippen molar-refractivity contribution in [3.63, 3.8) is 0 Å². The van der Waals surface area contributed by atoms with Crippen LogP contribution in [0.1, 0.15) is 31.9 Å². The normalized spacial score (nSPS) is 11.6. The molecule has 0 saturated heterocycles. The fourth-order valence-corrected chi connectivity index (χ4v) is 2.35. The molecule has 0 bridgehead atoms. The lowest BCUT2D eigenvalue weighted by Gasteiger charge is -2.26. The van der Waals surface area contributed by atoms with Crippen molar-refractivity contribution in [2.24, 2.45) is 10.7 Å². The maximum absolute atomic E-state index is 12.3. The Morgan fingerprint density at radius 3 is 2.30 bits per heavy atom. The Hall–Kier alpha value is -1.55. The average Bonchev–Trinajstić information content (AvgIpc) is 2.47. The Kier molecular flexibility index (Phi) is 11.3. The lowest BCUT2D eigenvalue weighted by Crippen LogP contribution is -2.40. The topological polar surface area (TPSA) is 89.2 Å². The summed E-state index contributed by atoms with van der Waals surface area (Å²) in [7, 11) is 1.59. The van der Waals surface area contributed by atoms with E-state index in [0.29, 0.717) is 32.2 Å². The highest BCUT2D eigenvalue weighted by Crippen LogP contribution is 2.13. The van der Waals surface area contributed by atoms with E-state index in [1.165, 1.54) is 0 Å². The lowest BCUT2D eigenvalue weighted by atomic mass is 10.1. The van der Waals surface area contributed by atoms with Crippen LogP contribution < -0.4 is 11.1 Å². The standard InChI is InChI=1S/C19H32N4O3.HI/c1-14-11-15(2)13-16(12-14)22-17(20)21-7-8-23(9-10-25-6)18(24)26-19(3,4)5;/h11-13H,7-10H2,1-6H3,(H3,20,21,22);1H. The second-order valence-corrected chi connectivity index (χ2v) is 7.23. The van der Waals surface area contributed by atoms with Crippen molar-refractivity contribution in [1.29, 1.82) is 0 Å². The first kappa shape index (κ1) is 25.4. The van der Waals surface area contributed by atoms with Gasteiger partial charge < -0.3 is 25.4 Å². The van der Waals surface area contributed by atoms with E-state index in [0.717, 1.165) is 16.8 Å². The van der Waals surface area contributed by atoms with Gasteiger partial charge in [-0.1, -0.05) is 6.07 Å². The molecule has 7 nitrogen and oxygen atoms in total. The molecule has 0 spiro atoms. The van der Waals surface area contributed by atoms with Gasteiger partial charge in [-0.15, -0.1) is 24.0 Å². The van der Waals surface area contributed by atoms with E-state index in [4.69, 9.17) is 15.2 Å². The Morgan fingerprint density at radius 2 is 1.78 bits per heavy atom. The first-order valence-electron chi connectivity index (χ1n) is 8.73. The smallest absolute Gasteiger partial charge is 0.410 e. The summed E-state index contributed by atoms with van der Waals surface area (Å²) in [5.74, 6) is 0.311. The van der Waals surface area contributed by atoms with E-state index in [2.05, 4.69) is 16.4 Å². The minimum Gasteiger partial charge on any atom is -0.444 e. The number of carbonyl (C=O) groups excluding carboxylic acids is 1. The third kappa shape index (κ3) is 11.0. The number of guanidine groups is 1. The Labute approximate surface area is 179 Å². The van der Waals surface area contributed by atoms with Crippen molar-refractivity contribution in [2.45, 2.75) is 40.2 Å². The molecule has 1 amide bonds. The predicted octanol–water partition coefficient (Wildman–Crippen LogP) is 3.53. The molecular formula is C19H33IN4O3. The number of anilines is 1. The number of methoxy groups -OCH3 is 1. The van der Waals surface area contributed by atoms with Crippen LogP contribution in [0, 0.1) is 13.8 Å². The van der Waals surface area contributed by atoms with Gasteiger partial charge in [-0.3, -0.25) is 4.99 Å². The molecule has 0 atom stereocenters. The molecule has 0 aliphatic heterocycles. The molecule has 1 aromatic carbocycles. The summed E-state index contributed by atoms with van der Waals surface area (Å²) in [6.45, 7) is 11.2. The number of ether oxygens (including phenoxy) is 2. The van der Waals surface area contributed by atoms with Crippen molar-refractivity contribution < 1.29 is 14.3 Å². The lowest BCUT2D eigenvalue weighted by molar-refractivity contribution is 0.0208. The molecule has 0 saturated carbocycles. The van der Waals surface area contributed by atoms with Crippen molar-refractivity contribution >= 4 is 41.7 Å². The molecule has 0 aliphatic rings. The van der Waals surface area contributed by atoms with E-state index in [1.807, 2.05) is 46.8 Å². The molecule has 0 heterocycles. The van der Waals surface area contributed by atoms with Gasteiger partial charge in [0.2, 0.25) is 0 Å². The van der Waals surface area contributed by atoms with Crippen LogP contribution in [0.25, 0.3) is 0 Å². The highest BCUT2D eigenvalue weighted by atomic mass is 127. The molecule has 27 heavy (non-hydrogen) atoms. The van der Waals surface area contributed by atoms with E-state index in [9.17, 15) is 4.79 Å². The number of aryl methyl sites for hydroxylation is 2. The minimum atomic E-state index is -0.546. The maximum Gasteiger partial charge on any atom is 0.410 e. The number of halogens is 1. The van der Waals surface area contributed by atoms with Crippen LogP contribution in [0.2, 0.25) is 0 Å². The summed E-state index contributed by atoms with van der Waals surface area (Å²) in [6, 6.07) is 6.09. The number of carbonyl (C=O) groups is 1. The number of hydrogen-bond acceptors (Lipinski definition) is 4. The van der Waals surface area contributed by atoms with Gasteiger partial charge in [0.05, 0.1) is 13.2 Å². The maximum atomic E-state index is 12.3. The van der Waals surface area contributed by atoms with Crippen LogP contribution in [-0.2, 0) is 9.47 Å². The Morgan fingerprint density at radius 1 is 1.19 bits per heavy atom. The zero-order chi connectivity index (χ0) is 19.7.